The summed E-state index contributed by atoms with van der Waals surface area (Å²) in [6.45, 7) is 0.455. The Morgan fingerprint density at radius 1 is 0.909 bits per heavy atom. The van der Waals surface area contributed by atoms with Crippen LogP contribution in [-0.4, -0.2) is 23.6 Å². The second kappa shape index (κ2) is 6.82. The highest BCUT2D eigenvalue weighted by Crippen LogP contribution is 2.29. The van der Waals surface area contributed by atoms with Crippen LogP contribution in [0.15, 0.2) is 66.7 Å². The standard InChI is InChI=1S/C19H18ClNO/c20-12-17(22)13-21-16-10-8-15(9-11-16)19-7-3-5-14-4-1-2-6-18(14)19/h1-11,17,21-22H,12-13H2. The van der Waals surface area contributed by atoms with Crippen molar-refractivity contribution < 1.29 is 5.11 Å². The number of anilines is 1. The molecule has 0 aromatic heterocycles. The lowest BCUT2D eigenvalue weighted by Crippen LogP contribution is -2.20. The Labute approximate surface area is 135 Å². The normalized spacial score (nSPS) is 12.3. The van der Waals surface area contributed by atoms with Crippen molar-refractivity contribution in [3.8, 4) is 11.1 Å². The van der Waals surface area contributed by atoms with Crippen LogP contribution < -0.4 is 5.32 Å². The Bertz CT molecular complexity index is 749. The van der Waals surface area contributed by atoms with E-state index < -0.39 is 6.10 Å². The molecule has 0 aliphatic carbocycles. The zero-order valence-electron chi connectivity index (χ0n) is 12.2. The first kappa shape index (κ1) is 14.9. The van der Waals surface area contributed by atoms with E-state index >= 15 is 0 Å². The molecule has 112 valence electrons. The summed E-state index contributed by atoms with van der Waals surface area (Å²) in [6, 6.07) is 23.0. The van der Waals surface area contributed by atoms with Crippen LogP contribution in [0.1, 0.15) is 0 Å². The van der Waals surface area contributed by atoms with Gasteiger partial charge in [-0.05, 0) is 34.0 Å². The summed E-state index contributed by atoms with van der Waals surface area (Å²) in [7, 11) is 0. The van der Waals surface area contributed by atoms with Gasteiger partial charge in [0.15, 0.2) is 0 Å². The number of nitrogens with one attached hydrogen (secondary N) is 1. The van der Waals surface area contributed by atoms with E-state index in [1.165, 1.54) is 21.9 Å². The van der Waals surface area contributed by atoms with Crippen LogP contribution >= 0.6 is 11.6 Å². The number of hydrogen-bond acceptors (Lipinski definition) is 2. The summed E-state index contributed by atoms with van der Waals surface area (Å²) in [5, 5.41) is 15.1. The predicted molar refractivity (Wildman–Crippen MR) is 94.6 cm³/mol. The first-order valence-electron chi connectivity index (χ1n) is 7.34. The van der Waals surface area contributed by atoms with E-state index in [-0.39, 0.29) is 5.88 Å². The van der Waals surface area contributed by atoms with Crippen molar-refractivity contribution in [3.63, 3.8) is 0 Å². The molecule has 0 radical (unpaired) electrons. The molecule has 0 saturated heterocycles. The maximum Gasteiger partial charge on any atom is 0.0847 e. The number of benzene rings is 3. The van der Waals surface area contributed by atoms with Gasteiger partial charge in [-0.1, -0.05) is 54.6 Å². The minimum Gasteiger partial charge on any atom is -0.390 e. The fourth-order valence-corrected chi connectivity index (χ4v) is 2.64. The molecule has 0 amide bonds. The molecule has 3 heteroatoms. The third-order valence-electron chi connectivity index (χ3n) is 3.71. The van der Waals surface area contributed by atoms with Gasteiger partial charge in [0.25, 0.3) is 0 Å². The number of hydrogen-bond donors (Lipinski definition) is 2. The van der Waals surface area contributed by atoms with Crippen molar-refractivity contribution >= 4 is 28.1 Å². The molecule has 3 rings (SSSR count). The molecule has 0 bridgehead atoms. The average molecular weight is 312 g/mol. The van der Waals surface area contributed by atoms with Gasteiger partial charge in [-0.15, -0.1) is 11.6 Å². The van der Waals surface area contributed by atoms with Gasteiger partial charge in [0.2, 0.25) is 0 Å². The lowest BCUT2D eigenvalue weighted by atomic mass is 9.98. The molecule has 0 aliphatic heterocycles. The smallest absolute Gasteiger partial charge is 0.0847 e. The molecule has 3 aromatic rings. The molecule has 2 N–H and O–H groups in total. The molecule has 1 atom stereocenters. The Morgan fingerprint density at radius 3 is 2.41 bits per heavy atom. The molecular weight excluding hydrogens is 294 g/mol. The van der Waals surface area contributed by atoms with Gasteiger partial charge in [0.05, 0.1) is 12.0 Å². The Kier molecular flexibility index (Phi) is 4.62. The van der Waals surface area contributed by atoms with Gasteiger partial charge in [0.1, 0.15) is 0 Å². The first-order valence-corrected chi connectivity index (χ1v) is 7.87. The second-order valence-corrected chi connectivity index (χ2v) is 5.60. The van der Waals surface area contributed by atoms with Crippen molar-refractivity contribution in [2.24, 2.45) is 0 Å². The molecule has 3 aromatic carbocycles. The van der Waals surface area contributed by atoms with Gasteiger partial charge in [0, 0.05) is 12.2 Å². The molecule has 0 aliphatic rings. The van der Waals surface area contributed by atoms with Crippen LogP contribution in [0.25, 0.3) is 21.9 Å². The number of aliphatic hydroxyl groups excluding tert-OH is 1. The Balaban J connectivity index is 1.86. The summed E-state index contributed by atoms with van der Waals surface area (Å²) in [5.41, 5.74) is 3.39. The van der Waals surface area contributed by atoms with Crippen LogP contribution in [-0.2, 0) is 0 Å². The van der Waals surface area contributed by atoms with Crippen molar-refractivity contribution in [3.05, 3.63) is 66.7 Å². The zero-order valence-corrected chi connectivity index (χ0v) is 12.9. The zero-order chi connectivity index (χ0) is 15.4. The van der Waals surface area contributed by atoms with E-state index in [0.717, 1.165) is 5.69 Å². The van der Waals surface area contributed by atoms with Crippen LogP contribution in [0.5, 0.6) is 0 Å². The molecular formula is C19H18ClNO. The van der Waals surface area contributed by atoms with Gasteiger partial charge in [-0.2, -0.15) is 0 Å². The van der Waals surface area contributed by atoms with Crippen molar-refractivity contribution in [2.75, 3.05) is 17.7 Å². The first-order chi connectivity index (χ1) is 10.8. The molecule has 0 fully saturated rings. The summed E-state index contributed by atoms with van der Waals surface area (Å²) in [4.78, 5) is 0. The lowest BCUT2D eigenvalue weighted by molar-refractivity contribution is 0.211. The molecule has 0 spiro atoms. The predicted octanol–water partition coefficient (Wildman–Crippen LogP) is 4.52. The maximum absolute atomic E-state index is 9.48. The third kappa shape index (κ3) is 3.24. The highest BCUT2D eigenvalue weighted by molar-refractivity contribution is 6.18. The highest BCUT2D eigenvalue weighted by atomic mass is 35.5. The van der Waals surface area contributed by atoms with Crippen LogP contribution in [0.3, 0.4) is 0 Å². The number of halogens is 1. The summed E-state index contributed by atoms with van der Waals surface area (Å²) >= 11 is 5.59. The van der Waals surface area contributed by atoms with Crippen molar-refractivity contribution in [2.45, 2.75) is 6.10 Å². The summed E-state index contributed by atoms with van der Waals surface area (Å²) in [6.07, 6.45) is -0.528. The van der Waals surface area contributed by atoms with Crippen LogP contribution in [0.2, 0.25) is 0 Å². The number of aliphatic hydroxyl groups is 1. The molecule has 0 saturated carbocycles. The highest BCUT2D eigenvalue weighted by Gasteiger charge is 2.04. The van der Waals surface area contributed by atoms with Crippen LogP contribution in [0, 0.1) is 0 Å². The number of rotatable bonds is 5. The monoisotopic (exact) mass is 311 g/mol. The van der Waals surface area contributed by atoms with E-state index in [4.69, 9.17) is 11.6 Å². The van der Waals surface area contributed by atoms with E-state index in [0.29, 0.717) is 6.54 Å². The molecule has 2 nitrogen and oxygen atoms in total. The average Bonchev–Trinajstić information content (AvgIpc) is 2.59. The van der Waals surface area contributed by atoms with E-state index in [1.807, 2.05) is 12.1 Å². The topological polar surface area (TPSA) is 32.3 Å². The second-order valence-electron chi connectivity index (χ2n) is 5.29. The van der Waals surface area contributed by atoms with E-state index in [9.17, 15) is 5.11 Å². The minimum atomic E-state index is -0.528. The quantitative estimate of drug-likeness (QED) is 0.679. The van der Waals surface area contributed by atoms with Gasteiger partial charge >= 0.3 is 0 Å². The number of fused-ring (bicyclic) bond motifs is 1. The molecule has 1 unspecified atom stereocenters. The van der Waals surface area contributed by atoms with Gasteiger partial charge < -0.3 is 10.4 Å². The van der Waals surface area contributed by atoms with Gasteiger partial charge in [-0.3, -0.25) is 0 Å². The van der Waals surface area contributed by atoms with Crippen molar-refractivity contribution in [1.82, 2.24) is 0 Å². The third-order valence-corrected chi connectivity index (χ3v) is 4.06. The Hall–Kier alpha value is -2.03. The largest absolute Gasteiger partial charge is 0.390 e. The SMILES string of the molecule is OC(CCl)CNc1ccc(-c2cccc3ccccc23)cc1. The van der Waals surface area contributed by atoms with E-state index in [1.54, 1.807) is 0 Å². The summed E-state index contributed by atoms with van der Waals surface area (Å²) in [5.74, 6) is 0.237. The fourth-order valence-electron chi connectivity index (χ4n) is 2.53. The fraction of sp³-hybridized carbons (Fsp3) is 0.158. The van der Waals surface area contributed by atoms with Gasteiger partial charge in [-0.25, -0.2) is 0 Å². The van der Waals surface area contributed by atoms with E-state index in [2.05, 4.69) is 59.9 Å². The minimum absolute atomic E-state index is 0.237. The Morgan fingerprint density at radius 2 is 1.64 bits per heavy atom. The maximum atomic E-state index is 9.48. The number of alkyl halides is 1. The molecule has 0 heterocycles. The molecule has 22 heavy (non-hydrogen) atoms. The van der Waals surface area contributed by atoms with Crippen LogP contribution in [0.4, 0.5) is 5.69 Å². The van der Waals surface area contributed by atoms with Crippen molar-refractivity contribution in [1.29, 1.82) is 0 Å². The lowest BCUT2D eigenvalue weighted by Gasteiger charge is -2.11. The summed E-state index contributed by atoms with van der Waals surface area (Å²) < 4.78 is 0.